The number of nitrogens with zero attached hydrogens (tertiary/aromatic N) is 1. The molecule has 2 amide bonds. The van der Waals surface area contributed by atoms with Gasteiger partial charge in [0.1, 0.15) is 0 Å². The number of nitrogens with one attached hydrogen (secondary N) is 2. The highest BCUT2D eigenvalue weighted by Crippen LogP contribution is 2.47. The van der Waals surface area contributed by atoms with Crippen molar-refractivity contribution in [2.45, 2.75) is 19.3 Å². The molecule has 3 aromatic rings. The van der Waals surface area contributed by atoms with Crippen molar-refractivity contribution in [2.75, 3.05) is 5.32 Å². The summed E-state index contributed by atoms with van der Waals surface area (Å²) in [5.74, 6) is -0.0649. The third-order valence-electron chi connectivity index (χ3n) is 5.33. The topological polar surface area (TPSA) is 70.6 Å². The molecule has 1 saturated carbocycles. The molecule has 1 aliphatic carbocycles. The second-order valence-corrected chi connectivity index (χ2v) is 8.01. The van der Waals surface area contributed by atoms with Crippen molar-refractivity contribution in [3.63, 3.8) is 0 Å². The van der Waals surface area contributed by atoms with Crippen molar-refractivity contribution in [3.8, 4) is 0 Å². The predicted molar refractivity (Wildman–Crippen MR) is 123 cm³/mol. The molecular formula is C25H22ClN3O2. The van der Waals surface area contributed by atoms with E-state index in [1.807, 2.05) is 43.3 Å². The highest BCUT2D eigenvalue weighted by Gasteiger charge is 2.43. The molecule has 0 radical (unpaired) electrons. The first-order valence-corrected chi connectivity index (χ1v) is 10.5. The van der Waals surface area contributed by atoms with Gasteiger partial charge in [0.15, 0.2) is 0 Å². The Hall–Kier alpha value is -3.44. The zero-order valence-corrected chi connectivity index (χ0v) is 17.8. The van der Waals surface area contributed by atoms with Gasteiger partial charge in [-0.3, -0.25) is 9.59 Å². The fourth-order valence-corrected chi connectivity index (χ4v) is 3.59. The summed E-state index contributed by atoms with van der Waals surface area (Å²) in [7, 11) is 0. The molecule has 0 aromatic heterocycles. The Kier molecular flexibility index (Phi) is 6.14. The summed E-state index contributed by atoms with van der Waals surface area (Å²) in [6.07, 6.45) is 0.844. The number of carbonyl (C=O) groups is 2. The van der Waals surface area contributed by atoms with Gasteiger partial charge in [0.25, 0.3) is 5.91 Å². The molecule has 3 aromatic carbocycles. The van der Waals surface area contributed by atoms with E-state index in [0.29, 0.717) is 22.0 Å². The lowest BCUT2D eigenvalue weighted by Gasteiger charge is -2.08. The van der Waals surface area contributed by atoms with E-state index in [1.165, 1.54) is 5.56 Å². The van der Waals surface area contributed by atoms with Crippen molar-refractivity contribution in [1.29, 1.82) is 0 Å². The zero-order chi connectivity index (χ0) is 21.8. The van der Waals surface area contributed by atoms with E-state index in [9.17, 15) is 9.59 Å². The number of halogens is 1. The first-order chi connectivity index (χ1) is 15.0. The van der Waals surface area contributed by atoms with Gasteiger partial charge in [0.05, 0.1) is 5.71 Å². The van der Waals surface area contributed by atoms with Crippen LogP contribution in [0, 0.1) is 5.92 Å². The summed E-state index contributed by atoms with van der Waals surface area (Å²) < 4.78 is 0. The van der Waals surface area contributed by atoms with E-state index in [0.717, 1.165) is 12.0 Å². The molecule has 2 N–H and O–H groups in total. The maximum atomic E-state index is 12.4. The maximum Gasteiger partial charge on any atom is 0.255 e. The maximum absolute atomic E-state index is 12.4. The molecule has 4 rings (SSSR count). The average molecular weight is 432 g/mol. The molecule has 0 bridgehead atoms. The van der Waals surface area contributed by atoms with E-state index < -0.39 is 0 Å². The highest BCUT2D eigenvalue weighted by molar-refractivity contribution is 6.30. The summed E-state index contributed by atoms with van der Waals surface area (Å²) in [6, 6.07) is 24.1. The molecule has 0 saturated heterocycles. The first kappa shape index (κ1) is 20.8. The van der Waals surface area contributed by atoms with Crippen LogP contribution in [0.15, 0.2) is 84.0 Å². The summed E-state index contributed by atoms with van der Waals surface area (Å²) in [5, 5.41) is 7.70. The molecule has 0 aliphatic heterocycles. The smallest absolute Gasteiger partial charge is 0.255 e. The minimum Gasteiger partial charge on any atom is -0.322 e. The van der Waals surface area contributed by atoms with Gasteiger partial charge in [-0.1, -0.05) is 54.1 Å². The van der Waals surface area contributed by atoms with Gasteiger partial charge in [0.2, 0.25) is 5.91 Å². The van der Waals surface area contributed by atoms with Crippen LogP contribution in [-0.4, -0.2) is 17.5 Å². The van der Waals surface area contributed by atoms with Crippen LogP contribution in [0.25, 0.3) is 0 Å². The van der Waals surface area contributed by atoms with E-state index in [1.54, 1.807) is 30.3 Å². The molecule has 1 aliphatic rings. The number of hydrazone groups is 1. The lowest BCUT2D eigenvalue weighted by molar-refractivity contribution is -0.122. The Morgan fingerprint density at radius 2 is 1.68 bits per heavy atom. The minimum absolute atomic E-state index is 0.0380. The Morgan fingerprint density at radius 1 is 0.935 bits per heavy atom. The fraction of sp³-hybridized carbons (Fsp3) is 0.160. The number of hydrogen-bond donors (Lipinski definition) is 2. The van der Waals surface area contributed by atoms with E-state index in [4.69, 9.17) is 11.6 Å². The zero-order valence-electron chi connectivity index (χ0n) is 17.0. The van der Waals surface area contributed by atoms with E-state index >= 15 is 0 Å². The molecular weight excluding hydrogens is 410 g/mol. The van der Waals surface area contributed by atoms with Gasteiger partial charge < -0.3 is 5.32 Å². The molecule has 31 heavy (non-hydrogen) atoms. The van der Waals surface area contributed by atoms with Gasteiger partial charge in [0, 0.05) is 22.2 Å². The summed E-state index contributed by atoms with van der Waals surface area (Å²) in [5.41, 5.74) is 6.50. The lowest BCUT2D eigenvalue weighted by atomic mass is 10.1. The van der Waals surface area contributed by atoms with Crippen LogP contribution in [0.3, 0.4) is 0 Å². The number of benzene rings is 3. The number of hydrogen-bond acceptors (Lipinski definition) is 3. The Bertz CT molecular complexity index is 1130. The number of carbonyl (C=O) groups excluding carboxylic acids is 2. The van der Waals surface area contributed by atoms with Crippen LogP contribution in [0.4, 0.5) is 5.69 Å². The van der Waals surface area contributed by atoms with Crippen molar-refractivity contribution in [2.24, 2.45) is 11.0 Å². The standard InChI is InChI=1S/C25H22ClN3O2/c1-16(28-29-25(31)23-15-22(23)17-6-3-2-4-7-17)19-8-5-9-21(14-19)27-24(30)18-10-12-20(26)13-11-18/h2-14,22-23H,15H2,1H3,(H,27,30)(H,29,31). The van der Waals surface area contributed by atoms with Crippen LogP contribution in [0.5, 0.6) is 0 Å². The largest absolute Gasteiger partial charge is 0.322 e. The number of amides is 2. The van der Waals surface area contributed by atoms with Crippen molar-refractivity contribution >= 4 is 34.8 Å². The SMILES string of the molecule is CC(=NNC(=O)C1CC1c1ccccc1)c1cccc(NC(=O)c2ccc(Cl)cc2)c1. The van der Waals surface area contributed by atoms with E-state index in [2.05, 4.69) is 28.0 Å². The molecule has 5 nitrogen and oxygen atoms in total. The quantitative estimate of drug-likeness (QED) is 0.414. The molecule has 0 heterocycles. The van der Waals surface area contributed by atoms with Gasteiger partial charge in [-0.25, -0.2) is 5.43 Å². The second-order valence-electron chi connectivity index (χ2n) is 7.57. The van der Waals surface area contributed by atoms with Crippen molar-refractivity contribution < 1.29 is 9.59 Å². The first-order valence-electron chi connectivity index (χ1n) is 10.1. The predicted octanol–water partition coefficient (Wildman–Crippen LogP) is 5.24. The summed E-state index contributed by atoms with van der Waals surface area (Å²) in [6.45, 7) is 1.82. The Morgan fingerprint density at radius 3 is 2.42 bits per heavy atom. The highest BCUT2D eigenvalue weighted by atomic mass is 35.5. The molecule has 6 heteroatoms. The Labute approximate surface area is 186 Å². The van der Waals surface area contributed by atoms with Crippen molar-refractivity contribution in [1.82, 2.24) is 5.43 Å². The minimum atomic E-state index is -0.225. The van der Waals surface area contributed by atoms with Crippen LogP contribution in [-0.2, 0) is 4.79 Å². The fourth-order valence-electron chi connectivity index (χ4n) is 3.47. The molecule has 156 valence electrons. The van der Waals surface area contributed by atoms with Gasteiger partial charge in [-0.15, -0.1) is 0 Å². The third-order valence-corrected chi connectivity index (χ3v) is 5.59. The Balaban J connectivity index is 1.37. The number of rotatable bonds is 6. The molecule has 2 atom stereocenters. The monoisotopic (exact) mass is 431 g/mol. The molecule has 2 unspecified atom stereocenters. The lowest BCUT2D eigenvalue weighted by Crippen LogP contribution is -2.21. The van der Waals surface area contributed by atoms with Gasteiger partial charge in [-0.2, -0.15) is 5.10 Å². The van der Waals surface area contributed by atoms with Gasteiger partial charge in [-0.05, 0) is 66.8 Å². The summed E-state index contributed by atoms with van der Waals surface area (Å²) in [4.78, 5) is 24.8. The normalized spacial score (nSPS) is 17.7. The van der Waals surface area contributed by atoms with Crippen LogP contribution >= 0.6 is 11.6 Å². The van der Waals surface area contributed by atoms with Crippen LogP contribution in [0.2, 0.25) is 5.02 Å². The van der Waals surface area contributed by atoms with Crippen molar-refractivity contribution in [3.05, 3.63) is 101 Å². The third kappa shape index (κ3) is 5.19. The average Bonchev–Trinajstić information content (AvgIpc) is 3.59. The molecule has 1 fully saturated rings. The van der Waals surface area contributed by atoms with Crippen LogP contribution < -0.4 is 10.7 Å². The van der Waals surface area contributed by atoms with E-state index in [-0.39, 0.29) is 23.7 Å². The second kappa shape index (κ2) is 9.14. The number of anilines is 1. The van der Waals surface area contributed by atoms with Crippen LogP contribution in [0.1, 0.15) is 40.7 Å². The van der Waals surface area contributed by atoms with Gasteiger partial charge >= 0.3 is 0 Å². The molecule has 0 spiro atoms. The summed E-state index contributed by atoms with van der Waals surface area (Å²) >= 11 is 5.87.